The summed E-state index contributed by atoms with van der Waals surface area (Å²) in [5.74, 6) is -0.173. The van der Waals surface area contributed by atoms with Gasteiger partial charge in [-0.25, -0.2) is 13.9 Å². The summed E-state index contributed by atoms with van der Waals surface area (Å²) in [6.07, 6.45) is 2.93. The van der Waals surface area contributed by atoms with Crippen molar-refractivity contribution in [2.45, 2.75) is 19.5 Å². The molecule has 5 rings (SSSR count). The van der Waals surface area contributed by atoms with Gasteiger partial charge in [-0.3, -0.25) is 4.98 Å². The Labute approximate surface area is 222 Å². The summed E-state index contributed by atoms with van der Waals surface area (Å²) in [6, 6.07) is 16.4. The van der Waals surface area contributed by atoms with E-state index in [2.05, 4.69) is 20.7 Å². The summed E-state index contributed by atoms with van der Waals surface area (Å²) in [4.78, 5) is 17.1. The monoisotopic (exact) mass is 537 g/mol. The number of hydrogen-bond donors (Lipinski definition) is 2. The van der Waals surface area contributed by atoms with Crippen LogP contribution in [0.1, 0.15) is 35.5 Å². The zero-order valence-electron chi connectivity index (χ0n) is 19.7. The van der Waals surface area contributed by atoms with Crippen LogP contribution in [0.3, 0.4) is 0 Å². The number of pyridine rings is 1. The number of amides is 1. The first-order valence-corrected chi connectivity index (χ1v) is 12.3. The normalized spacial score (nSPS) is 14.8. The van der Waals surface area contributed by atoms with Crippen LogP contribution in [0, 0.1) is 5.82 Å². The number of nitrogens with one attached hydrogen (secondary N) is 2. The highest BCUT2D eigenvalue weighted by atomic mass is 35.5. The first-order chi connectivity index (χ1) is 17.9. The summed E-state index contributed by atoms with van der Waals surface area (Å²) in [5.41, 5.74) is 4.37. The largest absolute Gasteiger partial charge is 0.414 e. The zero-order valence-corrected chi connectivity index (χ0v) is 21.2. The van der Waals surface area contributed by atoms with Crippen LogP contribution in [0.25, 0.3) is 17.3 Å². The lowest BCUT2D eigenvalue weighted by Gasteiger charge is -2.20. The Hall–Kier alpha value is -3.72. The summed E-state index contributed by atoms with van der Waals surface area (Å²) in [7, 11) is 0. The van der Waals surface area contributed by atoms with E-state index in [1.165, 1.54) is 12.1 Å². The van der Waals surface area contributed by atoms with E-state index in [1.807, 2.05) is 25.1 Å². The van der Waals surface area contributed by atoms with Crippen molar-refractivity contribution < 1.29 is 13.9 Å². The molecule has 3 heterocycles. The number of fused-ring (bicyclic) bond motifs is 1. The minimum Gasteiger partial charge on any atom is -0.389 e. The van der Waals surface area contributed by atoms with E-state index in [4.69, 9.17) is 27.9 Å². The van der Waals surface area contributed by atoms with E-state index in [0.29, 0.717) is 40.1 Å². The number of carbonyl (C=O) groups excluding carboxylic acids is 1. The number of nitrogens with zero attached hydrogens (tertiary/aromatic N) is 3. The SMILES string of the molecule is CC(NC(=O)Oc1nn(-c2ccc(Cl)cc2Cl)c2c1CNC/C2=C\c1ccc(F)cc1)c1ccccn1. The maximum atomic E-state index is 13.5. The first kappa shape index (κ1) is 25.0. The minimum atomic E-state index is -0.664. The van der Waals surface area contributed by atoms with Crippen molar-refractivity contribution in [2.75, 3.05) is 6.54 Å². The lowest BCUT2D eigenvalue weighted by Crippen LogP contribution is -2.30. The van der Waals surface area contributed by atoms with Gasteiger partial charge in [0.05, 0.1) is 33.7 Å². The predicted molar refractivity (Wildman–Crippen MR) is 141 cm³/mol. The maximum absolute atomic E-state index is 13.5. The molecule has 7 nitrogen and oxygen atoms in total. The van der Waals surface area contributed by atoms with E-state index in [-0.39, 0.29) is 17.7 Å². The highest BCUT2D eigenvalue weighted by Crippen LogP contribution is 2.36. The van der Waals surface area contributed by atoms with Crippen LogP contribution in [0.15, 0.2) is 66.9 Å². The fourth-order valence-corrected chi connectivity index (χ4v) is 4.60. The van der Waals surface area contributed by atoms with Gasteiger partial charge in [0.25, 0.3) is 0 Å². The molecule has 188 valence electrons. The van der Waals surface area contributed by atoms with Crippen molar-refractivity contribution in [1.29, 1.82) is 0 Å². The van der Waals surface area contributed by atoms with Crippen LogP contribution in [-0.2, 0) is 6.54 Å². The fraction of sp³-hybridized carbons (Fsp3) is 0.148. The van der Waals surface area contributed by atoms with Crippen molar-refractivity contribution in [3.8, 4) is 11.6 Å². The molecule has 2 aromatic carbocycles. The molecule has 1 aliphatic heterocycles. The molecular weight excluding hydrogens is 516 g/mol. The Bertz CT molecular complexity index is 1470. The molecule has 0 spiro atoms. The van der Waals surface area contributed by atoms with Crippen molar-refractivity contribution >= 4 is 40.9 Å². The second-order valence-corrected chi connectivity index (χ2v) is 9.32. The molecule has 1 amide bonds. The fourth-order valence-electron chi connectivity index (χ4n) is 4.11. The van der Waals surface area contributed by atoms with Gasteiger partial charge >= 0.3 is 6.09 Å². The Morgan fingerprint density at radius 3 is 2.70 bits per heavy atom. The molecule has 1 aliphatic rings. The van der Waals surface area contributed by atoms with Crippen LogP contribution in [-0.4, -0.2) is 27.4 Å². The molecule has 0 fully saturated rings. The van der Waals surface area contributed by atoms with Gasteiger partial charge in [-0.05, 0) is 66.6 Å². The summed E-state index contributed by atoms with van der Waals surface area (Å²) >= 11 is 12.7. The molecule has 10 heteroatoms. The third-order valence-electron chi connectivity index (χ3n) is 5.87. The third-order valence-corrected chi connectivity index (χ3v) is 6.41. The highest BCUT2D eigenvalue weighted by Gasteiger charge is 2.28. The molecule has 0 bridgehead atoms. The van der Waals surface area contributed by atoms with E-state index in [0.717, 1.165) is 16.8 Å². The molecule has 2 N–H and O–H groups in total. The smallest absolute Gasteiger partial charge is 0.389 e. The van der Waals surface area contributed by atoms with E-state index in [9.17, 15) is 9.18 Å². The van der Waals surface area contributed by atoms with E-state index in [1.54, 1.807) is 47.3 Å². The third kappa shape index (κ3) is 5.51. The molecule has 37 heavy (non-hydrogen) atoms. The molecular formula is C27H22Cl2FN5O2. The van der Waals surface area contributed by atoms with Crippen molar-refractivity contribution in [3.63, 3.8) is 0 Å². The number of benzene rings is 2. The first-order valence-electron chi connectivity index (χ1n) is 11.5. The summed E-state index contributed by atoms with van der Waals surface area (Å²) in [5, 5.41) is 11.6. The molecule has 0 saturated heterocycles. The molecule has 4 aromatic rings. The van der Waals surface area contributed by atoms with Gasteiger partial charge in [0.15, 0.2) is 0 Å². The average molecular weight is 538 g/mol. The Balaban J connectivity index is 1.54. The second-order valence-electron chi connectivity index (χ2n) is 8.47. The summed E-state index contributed by atoms with van der Waals surface area (Å²) < 4.78 is 20.8. The number of carbonyl (C=O) groups is 1. The Morgan fingerprint density at radius 2 is 1.97 bits per heavy atom. The standard InChI is InChI=1S/C27H22Cl2FN5O2/c1-16(23-4-2-3-11-32-23)33-27(36)37-26-21-15-31-14-18(12-17-5-8-20(30)9-6-17)25(21)35(34-26)24-10-7-19(28)13-22(24)29/h2-13,16,31H,14-15H2,1H3,(H,33,36)/b18-12+. The van der Waals surface area contributed by atoms with Gasteiger partial charge in [0.1, 0.15) is 5.82 Å². The van der Waals surface area contributed by atoms with E-state index >= 15 is 0 Å². The number of hydrogen-bond acceptors (Lipinski definition) is 5. The van der Waals surface area contributed by atoms with Crippen LogP contribution < -0.4 is 15.4 Å². The summed E-state index contributed by atoms with van der Waals surface area (Å²) in [6.45, 7) is 2.75. The molecule has 1 unspecified atom stereocenters. The minimum absolute atomic E-state index is 0.143. The average Bonchev–Trinajstić information content (AvgIpc) is 3.24. The van der Waals surface area contributed by atoms with Gasteiger partial charge in [-0.2, -0.15) is 0 Å². The van der Waals surface area contributed by atoms with Crippen LogP contribution >= 0.6 is 23.2 Å². The maximum Gasteiger partial charge on any atom is 0.414 e. The quantitative estimate of drug-likeness (QED) is 0.316. The van der Waals surface area contributed by atoms with E-state index < -0.39 is 6.09 Å². The number of rotatable bonds is 5. The lowest BCUT2D eigenvalue weighted by atomic mass is 10.0. The second kappa shape index (κ2) is 10.7. The molecule has 0 saturated carbocycles. The van der Waals surface area contributed by atoms with Gasteiger partial charge in [0, 0.05) is 24.3 Å². The number of ether oxygens (including phenoxy) is 1. The lowest BCUT2D eigenvalue weighted by molar-refractivity contribution is 0.194. The molecule has 1 atom stereocenters. The molecule has 0 aliphatic carbocycles. The van der Waals surface area contributed by atoms with Crippen LogP contribution in [0.5, 0.6) is 5.88 Å². The Morgan fingerprint density at radius 1 is 1.16 bits per heavy atom. The molecule has 2 aromatic heterocycles. The highest BCUT2D eigenvalue weighted by molar-refractivity contribution is 6.35. The zero-order chi connectivity index (χ0) is 25.9. The topological polar surface area (TPSA) is 81.1 Å². The predicted octanol–water partition coefficient (Wildman–Crippen LogP) is 6.21. The van der Waals surface area contributed by atoms with Crippen molar-refractivity contribution in [3.05, 3.63) is 105 Å². The van der Waals surface area contributed by atoms with Crippen LogP contribution in [0.4, 0.5) is 9.18 Å². The van der Waals surface area contributed by atoms with Gasteiger partial charge < -0.3 is 15.4 Å². The van der Waals surface area contributed by atoms with Gasteiger partial charge in [0.2, 0.25) is 5.88 Å². The number of aromatic nitrogens is 3. The Kier molecular flexibility index (Phi) is 7.23. The van der Waals surface area contributed by atoms with Gasteiger partial charge in [-0.15, -0.1) is 5.10 Å². The molecule has 0 radical (unpaired) electrons. The van der Waals surface area contributed by atoms with Crippen molar-refractivity contribution in [2.24, 2.45) is 0 Å². The van der Waals surface area contributed by atoms with Crippen molar-refractivity contribution in [1.82, 2.24) is 25.4 Å². The van der Waals surface area contributed by atoms with Crippen LogP contribution in [0.2, 0.25) is 10.0 Å². The van der Waals surface area contributed by atoms with Gasteiger partial charge in [-0.1, -0.05) is 41.4 Å². The number of halogens is 3.